The van der Waals surface area contributed by atoms with Gasteiger partial charge in [-0.15, -0.1) is 0 Å². The molecule has 2 aliphatic heterocycles. The standard InChI is InChI=1S/C13H26N2O2S/c1-12-11-18(16,17)10-9-15(12)8-2-3-13-4-6-14-7-5-13/h12-14H,2-11H2,1H3. The Hall–Kier alpha value is -0.130. The van der Waals surface area contributed by atoms with Gasteiger partial charge in [-0.1, -0.05) is 0 Å². The first-order chi connectivity index (χ1) is 8.57. The second kappa shape index (κ2) is 6.35. The lowest BCUT2D eigenvalue weighted by molar-refractivity contribution is 0.213. The molecule has 1 N–H and O–H groups in total. The maximum Gasteiger partial charge on any atom is 0.153 e. The summed E-state index contributed by atoms with van der Waals surface area (Å²) >= 11 is 0. The molecule has 0 aromatic rings. The topological polar surface area (TPSA) is 49.4 Å². The monoisotopic (exact) mass is 274 g/mol. The van der Waals surface area contributed by atoms with Crippen molar-refractivity contribution in [2.24, 2.45) is 5.92 Å². The van der Waals surface area contributed by atoms with Gasteiger partial charge in [-0.25, -0.2) is 8.42 Å². The molecule has 5 heteroatoms. The van der Waals surface area contributed by atoms with Crippen LogP contribution < -0.4 is 5.32 Å². The van der Waals surface area contributed by atoms with Crippen molar-refractivity contribution in [3.05, 3.63) is 0 Å². The highest BCUT2D eigenvalue weighted by atomic mass is 32.2. The van der Waals surface area contributed by atoms with Crippen LogP contribution in [0.3, 0.4) is 0 Å². The van der Waals surface area contributed by atoms with E-state index in [2.05, 4.69) is 10.2 Å². The average Bonchev–Trinajstić information content (AvgIpc) is 2.33. The molecule has 0 amide bonds. The Morgan fingerprint density at radius 2 is 2.00 bits per heavy atom. The van der Waals surface area contributed by atoms with Gasteiger partial charge in [0, 0.05) is 12.6 Å². The lowest BCUT2D eigenvalue weighted by Crippen LogP contribution is -2.47. The molecule has 2 heterocycles. The molecule has 1 atom stereocenters. The van der Waals surface area contributed by atoms with Crippen LogP contribution in [0.1, 0.15) is 32.6 Å². The Morgan fingerprint density at radius 1 is 1.28 bits per heavy atom. The predicted molar refractivity (Wildman–Crippen MR) is 74.5 cm³/mol. The van der Waals surface area contributed by atoms with E-state index in [1.54, 1.807) is 0 Å². The van der Waals surface area contributed by atoms with Crippen LogP contribution in [0.25, 0.3) is 0 Å². The van der Waals surface area contributed by atoms with Gasteiger partial charge in [0.2, 0.25) is 0 Å². The Bertz CT molecular complexity index is 350. The zero-order valence-corrected chi connectivity index (χ0v) is 12.2. The number of rotatable bonds is 4. The highest BCUT2D eigenvalue weighted by Crippen LogP contribution is 2.19. The van der Waals surface area contributed by atoms with Crippen LogP contribution in [-0.4, -0.2) is 57.0 Å². The minimum atomic E-state index is -2.76. The lowest BCUT2D eigenvalue weighted by atomic mass is 9.93. The van der Waals surface area contributed by atoms with E-state index in [1.165, 1.54) is 38.8 Å². The molecule has 2 rings (SSSR count). The largest absolute Gasteiger partial charge is 0.317 e. The molecule has 0 aliphatic carbocycles. The fraction of sp³-hybridized carbons (Fsp3) is 1.00. The van der Waals surface area contributed by atoms with E-state index < -0.39 is 9.84 Å². The number of nitrogens with one attached hydrogen (secondary N) is 1. The van der Waals surface area contributed by atoms with Crippen molar-refractivity contribution in [1.29, 1.82) is 0 Å². The number of hydrogen-bond acceptors (Lipinski definition) is 4. The number of sulfone groups is 1. The summed E-state index contributed by atoms with van der Waals surface area (Å²) in [6.45, 7) is 6.18. The van der Waals surface area contributed by atoms with Gasteiger partial charge in [-0.05, 0) is 58.2 Å². The van der Waals surface area contributed by atoms with Gasteiger partial charge in [0.25, 0.3) is 0 Å². The summed E-state index contributed by atoms with van der Waals surface area (Å²) in [5.74, 6) is 1.58. The molecule has 1 unspecified atom stereocenters. The van der Waals surface area contributed by atoms with E-state index in [1.807, 2.05) is 6.92 Å². The van der Waals surface area contributed by atoms with Crippen LogP contribution in [0.2, 0.25) is 0 Å². The Labute approximate surface area is 111 Å². The van der Waals surface area contributed by atoms with Crippen molar-refractivity contribution in [2.75, 3.05) is 37.7 Å². The summed E-state index contributed by atoms with van der Waals surface area (Å²) in [4.78, 5) is 2.35. The molecule has 0 spiro atoms. The molecule has 18 heavy (non-hydrogen) atoms. The van der Waals surface area contributed by atoms with Gasteiger partial charge >= 0.3 is 0 Å². The van der Waals surface area contributed by atoms with Crippen LogP contribution >= 0.6 is 0 Å². The van der Waals surface area contributed by atoms with E-state index in [-0.39, 0.29) is 6.04 Å². The summed E-state index contributed by atoms with van der Waals surface area (Å²) in [7, 11) is -2.76. The van der Waals surface area contributed by atoms with Gasteiger partial charge in [0.15, 0.2) is 9.84 Å². The number of hydrogen-bond donors (Lipinski definition) is 1. The number of piperidine rings is 1. The Morgan fingerprint density at radius 3 is 2.67 bits per heavy atom. The molecule has 0 saturated carbocycles. The van der Waals surface area contributed by atoms with Crippen molar-refractivity contribution < 1.29 is 8.42 Å². The van der Waals surface area contributed by atoms with Crippen molar-refractivity contribution in [1.82, 2.24) is 10.2 Å². The average molecular weight is 274 g/mol. The van der Waals surface area contributed by atoms with Crippen LogP contribution in [0, 0.1) is 5.92 Å². The maximum atomic E-state index is 11.5. The summed E-state index contributed by atoms with van der Waals surface area (Å²) < 4.78 is 23.0. The fourth-order valence-corrected chi connectivity index (χ4v) is 4.74. The molecular weight excluding hydrogens is 248 g/mol. The predicted octanol–water partition coefficient (Wildman–Crippen LogP) is 0.885. The number of nitrogens with zero attached hydrogens (tertiary/aromatic N) is 1. The minimum absolute atomic E-state index is 0.205. The van der Waals surface area contributed by atoms with E-state index in [0.717, 1.165) is 19.0 Å². The lowest BCUT2D eigenvalue weighted by Gasteiger charge is -2.33. The first kappa shape index (κ1) is 14.3. The minimum Gasteiger partial charge on any atom is -0.317 e. The normalized spacial score (nSPS) is 30.4. The molecule has 0 aromatic heterocycles. The van der Waals surface area contributed by atoms with Crippen LogP contribution in [-0.2, 0) is 9.84 Å². The van der Waals surface area contributed by atoms with Gasteiger partial charge < -0.3 is 5.32 Å². The van der Waals surface area contributed by atoms with Crippen molar-refractivity contribution in [3.8, 4) is 0 Å². The summed E-state index contributed by atoms with van der Waals surface area (Å²) in [6, 6.07) is 0.205. The molecule has 2 aliphatic rings. The highest BCUT2D eigenvalue weighted by Gasteiger charge is 2.27. The van der Waals surface area contributed by atoms with Crippen LogP contribution in [0.5, 0.6) is 0 Å². The van der Waals surface area contributed by atoms with Gasteiger partial charge in [-0.3, -0.25) is 4.90 Å². The molecule has 106 valence electrons. The second-order valence-electron chi connectivity index (χ2n) is 5.83. The zero-order valence-electron chi connectivity index (χ0n) is 11.4. The third-order valence-electron chi connectivity index (χ3n) is 4.32. The summed E-state index contributed by atoms with van der Waals surface area (Å²) in [6.07, 6.45) is 5.14. The molecule has 0 radical (unpaired) electrons. The molecule has 2 saturated heterocycles. The van der Waals surface area contributed by atoms with Crippen molar-refractivity contribution in [2.45, 2.75) is 38.6 Å². The maximum absolute atomic E-state index is 11.5. The molecular formula is C13H26N2O2S. The second-order valence-corrected chi connectivity index (χ2v) is 8.06. The van der Waals surface area contributed by atoms with E-state index >= 15 is 0 Å². The van der Waals surface area contributed by atoms with Crippen molar-refractivity contribution >= 4 is 9.84 Å². The fourth-order valence-electron chi connectivity index (χ4n) is 3.12. The van der Waals surface area contributed by atoms with E-state index in [4.69, 9.17) is 0 Å². The summed E-state index contributed by atoms with van der Waals surface area (Å²) in [5.41, 5.74) is 0. The van der Waals surface area contributed by atoms with E-state index in [9.17, 15) is 8.42 Å². The molecule has 4 nitrogen and oxygen atoms in total. The van der Waals surface area contributed by atoms with Crippen molar-refractivity contribution in [3.63, 3.8) is 0 Å². The van der Waals surface area contributed by atoms with Gasteiger partial charge in [-0.2, -0.15) is 0 Å². The highest BCUT2D eigenvalue weighted by molar-refractivity contribution is 7.91. The smallest absolute Gasteiger partial charge is 0.153 e. The first-order valence-electron chi connectivity index (χ1n) is 7.22. The SMILES string of the molecule is CC1CS(=O)(=O)CCN1CCCC1CCNCC1. The van der Waals surface area contributed by atoms with Gasteiger partial charge in [0.1, 0.15) is 0 Å². The zero-order chi connectivity index (χ0) is 13.0. The third kappa shape index (κ3) is 4.21. The van der Waals surface area contributed by atoms with Gasteiger partial charge in [0.05, 0.1) is 11.5 Å². The first-order valence-corrected chi connectivity index (χ1v) is 9.04. The third-order valence-corrected chi connectivity index (χ3v) is 6.12. The van der Waals surface area contributed by atoms with Crippen LogP contribution in [0.15, 0.2) is 0 Å². The Balaban J connectivity index is 1.67. The quantitative estimate of drug-likeness (QED) is 0.827. The van der Waals surface area contributed by atoms with Crippen LogP contribution in [0.4, 0.5) is 0 Å². The summed E-state index contributed by atoms with van der Waals surface area (Å²) in [5, 5.41) is 3.39. The van der Waals surface area contributed by atoms with E-state index in [0.29, 0.717) is 11.5 Å². The molecule has 0 aromatic carbocycles. The molecule has 0 bridgehead atoms. The Kier molecular flexibility index (Phi) is 5.04. The molecule has 2 fully saturated rings.